The molecule has 88 valence electrons. The number of nitrogens with zero attached hydrogens (tertiary/aromatic N) is 3. The van der Waals surface area contributed by atoms with Gasteiger partial charge in [-0.15, -0.1) is 16.9 Å². The predicted octanol–water partition coefficient (Wildman–Crippen LogP) is 2.45. The maximum Gasteiger partial charge on any atom is 0.169 e. The molecular formula is C12H14N4S. The first-order chi connectivity index (χ1) is 8.29. The summed E-state index contributed by atoms with van der Waals surface area (Å²) in [6.45, 7) is 0. The van der Waals surface area contributed by atoms with Crippen LogP contribution < -0.4 is 5.73 Å². The van der Waals surface area contributed by atoms with Crippen molar-refractivity contribution in [2.75, 3.05) is 12.0 Å². The lowest BCUT2D eigenvalue weighted by atomic mass is 10.2. The second kappa shape index (κ2) is 4.07. The third kappa shape index (κ3) is 1.91. The van der Waals surface area contributed by atoms with E-state index in [0.717, 1.165) is 11.4 Å². The minimum atomic E-state index is 0.544. The number of nitrogens with two attached hydrogens (primary N) is 1. The van der Waals surface area contributed by atoms with Crippen LogP contribution in [0.15, 0.2) is 29.2 Å². The monoisotopic (exact) mass is 246 g/mol. The molecule has 1 saturated carbocycles. The molecule has 0 radical (unpaired) electrons. The van der Waals surface area contributed by atoms with E-state index in [9.17, 15) is 0 Å². The summed E-state index contributed by atoms with van der Waals surface area (Å²) in [5, 5.41) is 8.15. The van der Waals surface area contributed by atoms with Gasteiger partial charge in [0.05, 0.1) is 11.4 Å². The van der Waals surface area contributed by atoms with Crippen LogP contribution in [-0.2, 0) is 0 Å². The number of hydrogen-bond acceptors (Lipinski definition) is 4. The lowest BCUT2D eigenvalue weighted by Gasteiger charge is -2.06. The molecule has 3 rings (SSSR count). The highest BCUT2D eigenvalue weighted by Gasteiger charge is 2.31. The van der Waals surface area contributed by atoms with Gasteiger partial charge in [0.2, 0.25) is 0 Å². The molecule has 0 bridgehead atoms. The van der Waals surface area contributed by atoms with Crippen LogP contribution in [0, 0.1) is 0 Å². The van der Waals surface area contributed by atoms with Gasteiger partial charge in [-0.2, -0.15) is 0 Å². The zero-order valence-electron chi connectivity index (χ0n) is 9.63. The Labute approximate surface area is 104 Å². The molecule has 1 heterocycles. The molecule has 2 aromatic rings. The highest BCUT2D eigenvalue weighted by molar-refractivity contribution is 7.98. The van der Waals surface area contributed by atoms with E-state index in [2.05, 4.69) is 28.7 Å². The van der Waals surface area contributed by atoms with Gasteiger partial charge in [-0.25, -0.2) is 4.68 Å². The lowest BCUT2D eigenvalue weighted by molar-refractivity contribution is 0.762. The summed E-state index contributed by atoms with van der Waals surface area (Å²) in [5.74, 6) is 1.12. The van der Waals surface area contributed by atoms with Crippen LogP contribution in [0.25, 0.3) is 5.69 Å². The number of nitrogen functional groups attached to an aromatic ring is 1. The van der Waals surface area contributed by atoms with E-state index < -0.39 is 0 Å². The van der Waals surface area contributed by atoms with Gasteiger partial charge < -0.3 is 5.73 Å². The summed E-state index contributed by atoms with van der Waals surface area (Å²) in [5.41, 5.74) is 8.01. The summed E-state index contributed by atoms with van der Waals surface area (Å²) < 4.78 is 1.88. The maximum absolute atomic E-state index is 5.89. The second-order valence-electron chi connectivity index (χ2n) is 4.25. The van der Waals surface area contributed by atoms with Gasteiger partial charge in [0.15, 0.2) is 5.82 Å². The molecule has 0 unspecified atom stereocenters. The number of rotatable bonds is 3. The fourth-order valence-electron chi connectivity index (χ4n) is 1.97. The average molecular weight is 246 g/mol. The Hall–Kier alpha value is -1.49. The predicted molar refractivity (Wildman–Crippen MR) is 69.5 cm³/mol. The number of thioether (sulfide) groups is 1. The first kappa shape index (κ1) is 10.7. The number of benzene rings is 1. The molecule has 0 amide bonds. The van der Waals surface area contributed by atoms with E-state index in [1.807, 2.05) is 16.8 Å². The van der Waals surface area contributed by atoms with Crippen LogP contribution in [0.2, 0.25) is 0 Å². The summed E-state index contributed by atoms with van der Waals surface area (Å²) in [6, 6.07) is 8.28. The van der Waals surface area contributed by atoms with Gasteiger partial charge in [0, 0.05) is 10.8 Å². The second-order valence-corrected chi connectivity index (χ2v) is 5.13. The van der Waals surface area contributed by atoms with Crippen molar-refractivity contribution in [3.05, 3.63) is 30.0 Å². The molecule has 4 nitrogen and oxygen atoms in total. The van der Waals surface area contributed by atoms with Gasteiger partial charge in [0.1, 0.15) is 0 Å². The first-order valence-electron chi connectivity index (χ1n) is 5.65. The van der Waals surface area contributed by atoms with Crippen molar-refractivity contribution in [2.24, 2.45) is 0 Å². The Bertz CT molecular complexity index is 545. The van der Waals surface area contributed by atoms with Crippen molar-refractivity contribution in [2.45, 2.75) is 23.7 Å². The van der Waals surface area contributed by atoms with Crippen molar-refractivity contribution in [1.29, 1.82) is 0 Å². The molecule has 1 aromatic carbocycles. The maximum atomic E-state index is 5.89. The summed E-state index contributed by atoms with van der Waals surface area (Å²) in [6.07, 6.45) is 4.45. The van der Waals surface area contributed by atoms with Crippen LogP contribution in [0.1, 0.15) is 24.5 Å². The Morgan fingerprint density at radius 1 is 1.41 bits per heavy atom. The lowest BCUT2D eigenvalue weighted by Crippen LogP contribution is -2.02. The molecule has 1 aliphatic rings. The third-order valence-electron chi connectivity index (χ3n) is 2.99. The highest BCUT2D eigenvalue weighted by atomic mass is 32.2. The van der Waals surface area contributed by atoms with Gasteiger partial charge in [-0.3, -0.25) is 0 Å². The molecule has 0 atom stereocenters. The van der Waals surface area contributed by atoms with E-state index in [0.29, 0.717) is 11.7 Å². The quantitative estimate of drug-likeness (QED) is 0.845. The molecule has 5 heteroatoms. The van der Waals surface area contributed by atoms with Crippen molar-refractivity contribution in [1.82, 2.24) is 15.0 Å². The van der Waals surface area contributed by atoms with Crippen LogP contribution in [0.5, 0.6) is 0 Å². The highest BCUT2D eigenvalue weighted by Crippen LogP contribution is 2.42. The fraction of sp³-hybridized carbons (Fsp3) is 0.333. The molecule has 0 saturated heterocycles. The standard InChI is InChI=1S/C12H14N4S/c1-17-10-4-2-3-9(7-10)16-11(8-5-6-8)12(13)14-15-16/h2-4,7-8H,5-6,13H2,1H3. The fourth-order valence-corrected chi connectivity index (χ4v) is 2.43. The van der Waals surface area contributed by atoms with Crippen molar-refractivity contribution in [3.63, 3.8) is 0 Å². The van der Waals surface area contributed by atoms with Crippen LogP contribution in [-0.4, -0.2) is 21.2 Å². The number of anilines is 1. The Morgan fingerprint density at radius 2 is 2.24 bits per heavy atom. The van der Waals surface area contributed by atoms with Gasteiger partial charge in [-0.1, -0.05) is 11.3 Å². The van der Waals surface area contributed by atoms with Crippen LogP contribution in [0.3, 0.4) is 0 Å². The largest absolute Gasteiger partial charge is 0.381 e. The van der Waals surface area contributed by atoms with E-state index in [1.54, 1.807) is 11.8 Å². The minimum absolute atomic E-state index is 0.544. The van der Waals surface area contributed by atoms with Crippen molar-refractivity contribution < 1.29 is 0 Å². The SMILES string of the molecule is CSc1cccc(-n2nnc(N)c2C2CC2)c1. The molecule has 17 heavy (non-hydrogen) atoms. The average Bonchev–Trinajstić information content (AvgIpc) is 3.12. The zero-order chi connectivity index (χ0) is 11.8. The normalized spacial score (nSPS) is 15.1. The molecule has 0 spiro atoms. The topological polar surface area (TPSA) is 56.7 Å². The van der Waals surface area contributed by atoms with E-state index in [4.69, 9.17) is 5.73 Å². The Balaban J connectivity index is 2.08. The van der Waals surface area contributed by atoms with Gasteiger partial charge >= 0.3 is 0 Å². The molecule has 1 aromatic heterocycles. The van der Waals surface area contributed by atoms with Gasteiger partial charge in [0.25, 0.3) is 0 Å². The first-order valence-corrected chi connectivity index (χ1v) is 6.87. The molecular weight excluding hydrogens is 232 g/mol. The zero-order valence-corrected chi connectivity index (χ0v) is 10.4. The summed E-state index contributed by atoms with van der Waals surface area (Å²) >= 11 is 1.72. The van der Waals surface area contributed by atoms with Gasteiger partial charge in [-0.05, 0) is 37.3 Å². The number of hydrogen-bond donors (Lipinski definition) is 1. The molecule has 2 N–H and O–H groups in total. The smallest absolute Gasteiger partial charge is 0.169 e. The van der Waals surface area contributed by atoms with Crippen LogP contribution >= 0.6 is 11.8 Å². The minimum Gasteiger partial charge on any atom is -0.381 e. The van der Waals surface area contributed by atoms with Crippen molar-refractivity contribution in [3.8, 4) is 5.69 Å². The van der Waals surface area contributed by atoms with Crippen LogP contribution in [0.4, 0.5) is 5.82 Å². The van der Waals surface area contributed by atoms with E-state index in [1.165, 1.54) is 17.7 Å². The molecule has 0 aliphatic heterocycles. The number of aromatic nitrogens is 3. The summed E-state index contributed by atoms with van der Waals surface area (Å²) in [4.78, 5) is 1.22. The van der Waals surface area contributed by atoms with E-state index in [-0.39, 0.29) is 0 Å². The van der Waals surface area contributed by atoms with Crippen molar-refractivity contribution >= 4 is 17.6 Å². The third-order valence-corrected chi connectivity index (χ3v) is 3.72. The van der Waals surface area contributed by atoms with E-state index >= 15 is 0 Å². The molecule has 1 fully saturated rings. The Kier molecular flexibility index (Phi) is 2.55. The summed E-state index contributed by atoms with van der Waals surface area (Å²) in [7, 11) is 0. The molecule has 1 aliphatic carbocycles. The Morgan fingerprint density at radius 3 is 2.94 bits per heavy atom.